The van der Waals surface area contributed by atoms with Gasteiger partial charge in [0.25, 0.3) is 0 Å². The SMILES string of the molecule is CCN(CC)CCNC1(C(=O)O)CCc2c(F)cccc21. The molecule has 21 heavy (non-hydrogen) atoms. The van der Waals surface area contributed by atoms with Crippen LogP contribution in [0.4, 0.5) is 4.39 Å². The minimum atomic E-state index is -1.15. The van der Waals surface area contributed by atoms with Gasteiger partial charge in [-0.2, -0.15) is 0 Å². The van der Waals surface area contributed by atoms with E-state index in [-0.39, 0.29) is 5.82 Å². The molecule has 2 N–H and O–H groups in total. The van der Waals surface area contributed by atoms with Crippen LogP contribution in [0.15, 0.2) is 18.2 Å². The maximum atomic E-state index is 13.8. The summed E-state index contributed by atoms with van der Waals surface area (Å²) in [6, 6.07) is 4.71. The van der Waals surface area contributed by atoms with E-state index in [1.54, 1.807) is 12.1 Å². The second-order valence-electron chi connectivity index (χ2n) is 5.43. The Bertz CT molecular complexity index is 517. The molecule has 0 spiro atoms. The van der Waals surface area contributed by atoms with Crippen molar-refractivity contribution in [3.05, 3.63) is 35.1 Å². The highest BCUT2D eigenvalue weighted by Crippen LogP contribution is 2.38. The molecule has 1 unspecified atom stereocenters. The summed E-state index contributed by atoms with van der Waals surface area (Å²) >= 11 is 0. The molecule has 0 amide bonds. The van der Waals surface area contributed by atoms with Crippen LogP contribution < -0.4 is 5.32 Å². The van der Waals surface area contributed by atoms with E-state index < -0.39 is 11.5 Å². The van der Waals surface area contributed by atoms with E-state index in [0.717, 1.165) is 19.6 Å². The van der Waals surface area contributed by atoms with Gasteiger partial charge < -0.3 is 10.0 Å². The van der Waals surface area contributed by atoms with Crippen LogP contribution in [0.1, 0.15) is 31.4 Å². The van der Waals surface area contributed by atoms with Crippen LogP contribution in [0.3, 0.4) is 0 Å². The van der Waals surface area contributed by atoms with Crippen molar-refractivity contribution >= 4 is 5.97 Å². The molecule has 0 saturated carbocycles. The quantitative estimate of drug-likeness (QED) is 0.807. The van der Waals surface area contributed by atoms with Gasteiger partial charge in [-0.1, -0.05) is 26.0 Å². The molecular weight excluding hydrogens is 271 g/mol. The van der Waals surface area contributed by atoms with E-state index in [1.807, 2.05) is 0 Å². The van der Waals surface area contributed by atoms with Crippen LogP contribution in [-0.4, -0.2) is 42.2 Å². The summed E-state index contributed by atoms with van der Waals surface area (Å²) in [4.78, 5) is 14.0. The molecule has 0 radical (unpaired) electrons. The predicted molar refractivity (Wildman–Crippen MR) is 79.8 cm³/mol. The van der Waals surface area contributed by atoms with Crippen molar-refractivity contribution in [3.8, 4) is 0 Å². The van der Waals surface area contributed by atoms with Crippen LogP contribution in [-0.2, 0) is 16.8 Å². The number of halogens is 1. The van der Waals surface area contributed by atoms with Gasteiger partial charge in [0.2, 0.25) is 0 Å². The van der Waals surface area contributed by atoms with Gasteiger partial charge in [-0.3, -0.25) is 5.32 Å². The fourth-order valence-electron chi connectivity index (χ4n) is 3.11. The Labute approximate surface area is 125 Å². The van der Waals surface area contributed by atoms with Crippen molar-refractivity contribution in [1.29, 1.82) is 0 Å². The summed E-state index contributed by atoms with van der Waals surface area (Å²) in [7, 11) is 0. The van der Waals surface area contributed by atoms with Gasteiger partial charge in [-0.25, -0.2) is 9.18 Å². The number of likely N-dealkylation sites (N-methyl/N-ethyl adjacent to an activating group) is 1. The minimum Gasteiger partial charge on any atom is -0.480 e. The number of hydrogen-bond acceptors (Lipinski definition) is 3. The number of hydrogen-bond donors (Lipinski definition) is 2. The number of nitrogens with one attached hydrogen (secondary N) is 1. The zero-order chi connectivity index (χ0) is 15.5. The lowest BCUT2D eigenvalue weighted by Crippen LogP contribution is -2.50. The Morgan fingerprint density at radius 3 is 2.76 bits per heavy atom. The molecule has 4 nitrogen and oxygen atoms in total. The normalized spacial score (nSPS) is 20.8. The molecule has 0 saturated heterocycles. The molecule has 1 aromatic rings. The predicted octanol–water partition coefficient (Wildman–Crippen LogP) is 1.98. The molecule has 116 valence electrons. The van der Waals surface area contributed by atoms with Crippen molar-refractivity contribution in [1.82, 2.24) is 10.2 Å². The third-order valence-electron chi connectivity index (χ3n) is 4.44. The number of carbonyl (C=O) groups is 1. The minimum absolute atomic E-state index is 0.304. The molecule has 0 fully saturated rings. The van der Waals surface area contributed by atoms with Crippen LogP contribution in [0.25, 0.3) is 0 Å². The van der Waals surface area contributed by atoms with Crippen LogP contribution in [0, 0.1) is 5.82 Å². The van der Waals surface area contributed by atoms with E-state index >= 15 is 0 Å². The fourth-order valence-corrected chi connectivity index (χ4v) is 3.11. The van der Waals surface area contributed by atoms with Crippen molar-refractivity contribution < 1.29 is 14.3 Å². The van der Waals surface area contributed by atoms with Crippen LogP contribution in [0.5, 0.6) is 0 Å². The first-order valence-electron chi connectivity index (χ1n) is 7.53. The first-order chi connectivity index (χ1) is 10.0. The van der Waals surface area contributed by atoms with E-state index in [9.17, 15) is 14.3 Å². The van der Waals surface area contributed by atoms with Crippen molar-refractivity contribution in [3.63, 3.8) is 0 Å². The summed E-state index contributed by atoms with van der Waals surface area (Å²) in [5.74, 6) is -1.23. The molecule has 0 aliphatic heterocycles. The van der Waals surface area contributed by atoms with Gasteiger partial charge in [0.05, 0.1) is 0 Å². The van der Waals surface area contributed by atoms with Crippen LogP contribution >= 0.6 is 0 Å². The average Bonchev–Trinajstić information content (AvgIpc) is 2.85. The lowest BCUT2D eigenvalue weighted by molar-refractivity contribution is -0.145. The maximum absolute atomic E-state index is 13.8. The summed E-state index contributed by atoms with van der Waals surface area (Å²) in [6.45, 7) is 7.39. The molecule has 0 bridgehead atoms. The molecule has 0 aromatic heterocycles. The van der Waals surface area contributed by atoms with Crippen molar-refractivity contribution in [2.45, 2.75) is 32.2 Å². The summed E-state index contributed by atoms with van der Waals surface area (Å²) < 4.78 is 13.8. The van der Waals surface area contributed by atoms with Crippen molar-refractivity contribution in [2.24, 2.45) is 0 Å². The third-order valence-corrected chi connectivity index (χ3v) is 4.44. The second-order valence-corrected chi connectivity index (χ2v) is 5.43. The summed E-state index contributed by atoms with van der Waals surface area (Å²) in [6.07, 6.45) is 0.865. The second kappa shape index (κ2) is 6.54. The van der Waals surface area contributed by atoms with Crippen molar-refractivity contribution in [2.75, 3.05) is 26.2 Å². The number of nitrogens with zero attached hydrogens (tertiary/aromatic N) is 1. The number of benzene rings is 1. The maximum Gasteiger partial charge on any atom is 0.328 e. The van der Waals surface area contributed by atoms with E-state index in [0.29, 0.717) is 30.5 Å². The smallest absolute Gasteiger partial charge is 0.328 e. The molecule has 1 aliphatic rings. The van der Waals surface area contributed by atoms with Gasteiger partial charge in [-0.15, -0.1) is 0 Å². The highest BCUT2D eigenvalue weighted by Gasteiger charge is 2.46. The Balaban J connectivity index is 2.18. The lowest BCUT2D eigenvalue weighted by Gasteiger charge is -2.29. The largest absolute Gasteiger partial charge is 0.480 e. The Hall–Kier alpha value is -1.46. The monoisotopic (exact) mass is 294 g/mol. The Morgan fingerprint density at radius 1 is 1.43 bits per heavy atom. The number of carboxylic acid groups (broad SMARTS) is 1. The first kappa shape index (κ1) is 15.9. The fraction of sp³-hybridized carbons (Fsp3) is 0.562. The van der Waals surface area contributed by atoms with E-state index in [2.05, 4.69) is 24.1 Å². The molecule has 1 atom stereocenters. The number of carboxylic acids is 1. The van der Waals surface area contributed by atoms with Crippen LogP contribution in [0.2, 0.25) is 0 Å². The first-order valence-corrected chi connectivity index (χ1v) is 7.53. The molecular formula is C16H23FN2O2. The highest BCUT2D eigenvalue weighted by atomic mass is 19.1. The lowest BCUT2D eigenvalue weighted by atomic mass is 9.91. The zero-order valence-corrected chi connectivity index (χ0v) is 12.7. The Kier molecular flexibility index (Phi) is 4.96. The Morgan fingerprint density at radius 2 is 2.14 bits per heavy atom. The third kappa shape index (κ3) is 2.94. The molecule has 1 aliphatic carbocycles. The summed E-state index contributed by atoms with van der Waals surface area (Å²) in [5.41, 5.74) is -0.0327. The molecule has 5 heteroatoms. The average molecular weight is 294 g/mol. The number of aliphatic carboxylic acids is 1. The van der Waals surface area contributed by atoms with Gasteiger partial charge in [0.1, 0.15) is 11.4 Å². The van der Waals surface area contributed by atoms with E-state index in [1.165, 1.54) is 6.07 Å². The molecule has 0 heterocycles. The number of rotatable bonds is 7. The van der Waals surface area contributed by atoms with E-state index in [4.69, 9.17) is 0 Å². The van der Waals surface area contributed by atoms with Gasteiger partial charge in [0.15, 0.2) is 0 Å². The highest BCUT2D eigenvalue weighted by molar-refractivity contribution is 5.82. The summed E-state index contributed by atoms with van der Waals surface area (Å²) in [5, 5.41) is 12.9. The molecule has 1 aromatic carbocycles. The number of fused-ring (bicyclic) bond motifs is 1. The topological polar surface area (TPSA) is 52.6 Å². The van der Waals surface area contributed by atoms with Gasteiger partial charge >= 0.3 is 5.97 Å². The van der Waals surface area contributed by atoms with Gasteiger partial charge in [0, 0.05) is 13.1 Å². The molecule has 2 rings (SSSR count). The standard InChI is InChI=1S/C16H23FN2O2/c1-3-19(4-2)11-10-18-16(15(20)21)9-8-12-13(16)6-5-7-14(12)17/h5-7,18H,3-4,8-11H2,1-2H3,(H,20,21). The zero-order valence-electron chi connectivity index (χ0n) is 12.7. The van der Waals surface area contributed by atoms with Gasteiger partial charge in [-0.05, 0) is 43.1 Å².